The third-order valence-electron chi connectivity index (χ3n) is 5.10. The zero-order chi connectivity index (χ0) is 25.8. The maximum Gasteiger partial charge on any atom is 0.407 e. The molecule has 0 radical (unpaired) electrons. The van der Waals surface area contributed by atoms with E-state index in [0.29, 0.717) is 24.2 Å². The maximum absolute atomic E-state index is 13.1. The van der Waals surface area contributed by atoms with Crippen LogP contribution in [0, 0.1) is 5.92 Å². The van der Waals surface area contributed by atoms with Crippen molar-refractivity contribution in [2.45, 2.75) is 45.4 Å². The van der Waals surface area contributed by atoms with Gasteiger partial charge < -0.3 is 31.5 Å². The van der Waals surface area contributed by atoms with E-state index in [2.05, 4.69) is 32.8 Å². The molecule has 0 aliphatic carbocycles. The van der Waals surface area contributed by atoms with Crippen LogP contribution >= 0.6 is 0 Å². The van der Waals surface area contributed by atoms with Crippen LogP contribution in [0.25, 0.3) is 0 Å². The molecular formula is C23H33N7O5. The summed E-state index contributed by atoms with van der Waals surface area (Å²) in [7, 11) is 0. The van der Waals surface area contributed by atoms with Gasteiger partial charge >= 0.3 is 12.1 Å². The second-order valence-electron chi connectivity index (χ2n) is 8.17. The molecule has 0 fully saturated rings. The van der Waals surface area contributed by atoms with Gasteiger partial charge in [-0.25, -0.2) is 14.3 Å². The fraction of sp³-hybridized carbons (Fsp3) is 0.435. The molecule has 1 aromatic heterocycles. The summed E-state index contributed by atoms with van der Waals surface area (Å²) < 4.78 is 6.44. The number of hydrogen-bond acceptors (Lipinski definition) is 7. The summed E-state index contributed by atoms with van der Waals surface area (Å²) >= 11 is 0. The molecule has 0 aliphatic heterocycles. The van der Waals surface area contributed by atoms with Crippen molar-refractivity contribution in [3.8, 4) is 0 Å². The molecule has 190 valence electrons. The molecular weight excluding hydrogens is 454 g/mol. The number of anilines is 1. The second kappa shape index (κ2) is 13.7. The molecule has 4 amide bonds. The molecule has 35 heavy (non-hydrogen) atoms. The molecule has 2 aromatic rings. The fourth-order valence-electron chi connectivity index (χ4n) is 3.28. The number of aromatic nitrogens is 3. The van der Waals surface area contributed by atoms with Crippen molar-refractivity contribution in [2.75, 3.05) is 18.5 Å². The smallest absolute Gasteiger partial charge is 0.407 e. The number of amides is 4. The highest BCUT2D eigenvalue weighted by molar-refractivity contribution is 5.93. The SMILES string of the molecule is C=CCOC(=O)N[C@@H](c1cn([C@@H](CCCNC(N)=O)C(=O)Nc2ccc(CO)cc2)nn1)C(C)C. The van der Waals surface area contributed by atoms with Gasteiger partial charge in [0.25, 0.3) is 0 Å². The lowest BCUT2D eigenvalue weighted by Crippen LogP contribution is -2.32. The first kappa shape index (κ1) is 27.3. The van der Waals surface area contributed by atoms with Crippen molar-refractivity contribution in [3.05, 3.63) is 54.4 Å². The first-order valence-corrected chi connectivity index (χ1v) is 11.2. The molecule has 12 heteroatoms. The third kappa shape index (κ3) is 8.74. The molecule has 0 aliphatic rings. The van der Waals surface area contributed by atoms with Crippen LogP contribution in [-0.4, -0.2) is 51.3 Å². The molecule has 2 atom stereocenters. The van der Waals surface area contributed by atoms with Gasteiger partial charge in [-0.2, -0.15) is 0 Å². The van der Waals surface area contributed by atoms with Gasteiger partial charge in [-0.3, -0.25) is 4.79 Å². The van der Waals surface area contributed by atoms with Crippen molar-refractivity contribution in [1.29, 1.82) is 0 Å². The number of rotatable bonds is 13. The molecule has 1 heterocycles. The monoisotopic (exact) mass is 487 g/mol. The average Bonchev–Trinajstić information content (AvgIpc) is 3.30. The van der Waals surface area contributed by atoms with Crippen molar-refractivity contribution in [2.24, 2.45) is 11.7 Å². The lowest BCUT2D eigenvalue weighted by molar-refractivity contribution is -0.119. The van der Waals surface area contributed by atoms with Crippen LogP contribution in [0.2, 0.25) is 0 Å². The van der Waals surface area contributed by atoms with Gasteiger partial charge in [0.2, 0.25) is 5.91 Å². The predicted molar refractivity (Wildman–Crippen MR) is 129 cm³/mol. The van der Waals surface area contributed by atoms with Crippen molar-refractivity contribution in [1.82, 2.24) is 25.6 Å². The number of nitrogens with zero attached hydrogens (tertiary/aromatic N) is 3. The van der Waals surface area contributed by atoms with Crippen LogP contribution in [0.3, 0.4) is 0 Å². The van der Waals surface area contributed by atoms with E-state index in [4.69, 9.17) is 10.5 Å². The summed E-state index contributed by atoms with van der Waals surface area (Å²) in [5, 5.41) is 25.6. The zero-order valence-electron chi connectivity index (χ0n) is 19.9. The van der Waals surface area contributed by atoms with E-state index in [0.717, 1.165) is 5.56 Å². The number of carbonyl (C=O) groups excluding carboxylic acids is 3. The van der Waals surface area contributed by atoms with E-state index in [1.165, 1.54) is 10.8 Å². The van der Waals surface area contributed by atoms with Gasteiger partial charge in [-0.15, -0.1) is 5.10 Å². The van der Waals surface area contributed by atoms with Gasteiger partial charge in [0.05, 0.1) is 18.8 Å². The lowest BCUT2D eigenvalue weighted by atomic mass is 10.0. The number of alkyl carbamates (subject to hydrolysis) is 1. The average molecular weight is 488 g/mol. The van der Waals surface area contributed by atoms with E-state index in [1.807, 2.05) is 13.8 Å². The highest BCUT2D eigenvalue weighted by atomic mass is 16.5. The predicted octanol–water partition coefficient (Wildman–Crippen LogP) is 2.01. The Morgan fingerprint density at radius 2 is 1.97 bits per heavy atom. The minimum atomic E-state index is -0.746. The topological polar surface area (TPSA) is 173 Å². The number of nitrogens with one attached hydrogen (secondary N) is 3. The molecule has 1 aromatic carbocycles. The van der Waals surface area contributed by atoms with Crippen LogP contribution in [0.15, 0.2) is 43.1 Å². The van der Waals surface area contributed by atoms with Gasteiger partial charge in [0, 0.05) is 12.2 Å². The molecule has 2 rings (SSSR count). The van der Waals surface area contributed by atoms with Gasteiger partial charge in [0.1, 0.15) is 18.3 Å². The Kier molecular flexibility index (Phi) is 10.7. The Bertz CT molecular complexity index is 990. The van der Waals surface area contributed by atoms with Crippen molar-refractivity contribution in [3.63, 3.8) is 0 Å². The minimum absolute atomic E-state index is 0.0338. The number of aliphatic hydroxyl groups is 1. The minimum Gasteiger partial charge on any atom is -0.445 e. The number of benzene rings is 1. The van der Waals surface area contributed by atoms with Crippen LogP contribution in [0.5, 0.6) is 0 Å². The van der Waals surface area contributed by atoms with Crippen LogP contribution in [0.1, 0.15) is 50.0 Å². The van der Waals surface area contributed by atoms with Crippen LogP contribution < -0.4 is 21.7 Å². The highest BCUT2D eigenvalue weighted by Crippen LogP contribution is 2.23. The largest absolute Gasteiger partial charge is 0.445 e. The molecule has 0 bridgehead atoms. The van der Waals surface area contributed by atoms with Crippen LogP contribution in [0.4, 0.5) is 15.3 Å². The van der Waals surface area contributed by atoms with E-state index >= 15 is 0 Å². The Morgan fingerprint density at radius 3 is 2.57 bits per heavy atom. The summed E-state index contributed by atoms with van der Waals surface area (Å²) in [5.41, 5.74) is 6.86. The summed E-state index contributed by atoms with van der Waals surface area (Å²) in [6.45, 7) is 7.60. The summed E-state index contributed by atoms with van der Waals surface area (Å²) in [6, 6.07) is 4.91. The summed E-state index contributed by atoms with van der Waals surface area (Å²) in [4.78, 5) is 36.2. The van der Waals surface area contributed by atoms with E-state index in [1.54, 1.807) is 30.5 Å². The third-order valence-corrected chi connectivity index (χ3v) is 5.10. The van der Waals surface area contributed by atoms with Gasteiger partial charge in [-0.1, -0.05) is 43.8 Å². The second-order valence-corrected chi connectivity index (χ2v) is 8.17. The van der Waals surface area contributed by atoms with Crippen molar-refractivity contribution < 1.29 is 24.2 Å². The maximum atomic E-state index is 13.1. The van der Waals surface area contributed by atoms with Crippen molar-refractivity contribution >= 4 is 23.7 Å². The van der Waals surface area contributed by atoms with E-state index in [9.17, 15) is 19.5 Å². The molecule has 6 N–H and O–H groups in total. The highest BCUT2D eigenvalue weighted by Gasteiger charge is 2.26. The Balaban J connectivity index is 2.21. The first-order valence-electron chi connectivity index (χ1n) is 11.2. The number of hydrogen-bond donors (Lipinski definition) is 5. The molecule has 12 nitrogen and oxygen atoms in total. The molecule has 0 saturated carbocycles. The van der Waals surface area contributed by atoms with E-state index < -0.39 is 24.2 Å². The molecule has 0 saturated heterocycles. The van der Waals surface area contributed by atoms with E-state index in [-0.39, 0.29) is 31.6 Å². The summed E-state index contributed by atoms with van der Waals surface area (Å²) in [5.74, 6) is -0.370. The molecule has 0 spiro atoms. The zero-order valence-corrected chi connectivity index (χ0v) is 19.9. The van der Waals surface area contributed by atoms with Gasteiger partial charge in [-0.05, 0) is 36.5 Å². The number of primary amides is 1. The number of nitrogens with two attached hydrogens (primary N) is 1. The fourth-order valence-corrected chi connectivity index (χ4v) is 3.28. The normalized spacial score (nSPS) is 12.5. The number of aliphatic hydroxyl groups excluding tert-OH is 1. The van der Waals surface area contributed by atoms with Gasteiger partial charge in [0.15, 0.2) is 0 Å². The lowest BCUT2D eigenvalue weighted by Gasteiger charge is -2.20. The van der Waals surface area contributed by atoms with Crippen LogP contribution in [-0.2, 0) is 16.1 Å². The number of urea groups is 1. The Hall–Kier alpha value is -3.93. The number of ether oxygens (including phenoxy) is 1. The molecule has 0 unspecified atom stereocenters. The first-order chi connectivity index (χ1) is 16.7. The summed E-state index contributed by atoms with van der Waals surface area (Å²) in [6.07, 6.45) is 3.26. The standard InChI is InChI=1S/C23H33N7O5/c1-4-12-35-23(34)27-20(15(2)3)18-13-30(29-28-18)19(6-5-11-25-22(24)33)21(32)26-17-9-7-16(14-31)8-10-17/h4,7-10,13,15,19-20,31H,1,5-6,11-12,14H2,2-3H3,(H,26,32)(H,27,34)(H3,24,25,33)/t19-,20+/m0/s1. The Labute approximate surface area is 203 Å². The quantitative estimate of drug-likeness (QED) is 0.212. The number of carbonyl (C=O) groups is 3. The Morgan fingerprint density at radius 1 is 1.26 bits per heavy atom.